The van der Waals surface area contributed by atoms with E-state index in [9.17, 15) is 4.79 Å². The van der Waals surface area contributed by atoms with Crippen molar-refractivity contribution in [1.29, 1.82) is 0 Å². The van der Waals surface area contributed by atoms with Crippen molar-refractivity contribution in [3.63, 3.8) is 0 Å². The van der Waals surface area contributed by atoms with Gasteiger partial charge in [0.25, 0.3) is 5.91 Å². The third kappa shape index (κ3) is 5.23. The zero-order chi connectivity index (χ0) is 22.6. The number of carbonyl (C=O) groups excluding carboxylic acids is 1. The van der Waals surface area contributed by atoms with E-state index >= 15 is 0 Å². The maximum absolute atomic E-state index is 13.5. The third-order valence-electron chi connectivity index (χ3n) is 4.88. The number of benzene rings is 1. The maximum Gasteiger partial charge on any atom is 0.282 e. The molecule has 0 fully saturated rings. The minimum atomic E-state index is -0.881. The molecule has 166 valence electrons. The molecule has 6 nitrogen and oxygen atoms in total. The molecule has 1 aliphatic heterocycles. The third-order valence-corrected chi connectivity index (χ3v) is 5.92. The van der Waals surface area contributed by atoms with E-state index in [2.05, 4.69) is 12.1 Å². The van der Waals surface area contributed by atoms with Gasteiger partial charge in [0.15, 0.2) is 13.1 Å². The van der Waals surface area contributed by atoms with Crippen molar-refractivity contribution >= 4 is 39.8 Å². The Hall–Kier alpha value is -1.45. The Morgan fingerprint density at radius 3 is 2.37 bits per heavy atom. The summed E-state index contributed by atoms with van der Waals surface area (Å²) in [6.45, 7) is 13.4. The first kappa shape index (κ1) is 24.8. The molecule has 0 bridgehead atoms. The van der Waals surface area contributed by atoms with Gasteiger partial charge in [0, 0.05) is 7.11 Å². The predicted molar refractivity (Wildman–Crippen MR) is 124 cm³/mol. The number of aryl methyl sites for hydroxylation is 3. The van der Waals surface area contributed by atoms with Crippen molar-refractivity contribution in [2.75, 3.05) is 19.7 Å². The van der Waals surface area contributed by atoms with Crippen LogP contribution in [-0.2, 0) is 23.8 Å². The van der Waals surface area contributed by atoms with Gasteiger partial charge >= 0.3 is 0 Å². The Balaban J connectivity index is 2.52. The summed E-state index contributed by atoms with van der Waals surface area (Å²) in [5.74, 6) is 0.970. The molecule has 0 radical (unpaired) electrons. The molecule has 0 aromatic heterocycles. The Labute approximate surface area is 188 Å². The monoisotopic (exact) mass is 453 g/mol. The number of thioether (sulfide) groups is 1. The normalized spacial score (nSPS) is 16.9. The molecule has 1 atom stereocenters. The largest absolute Gasteiger partial charge is 0.441 e. The van der Waals surface area contributed by atoms with Gasteiger partial charge in [-0.2, -0.15) is 0 Å². The fourth-order valence-corrected chi connectivity index (χ4v) is 4.33. The number of amides is 1. The van der Waals surface area contributed by atoms with Gasteiger partial charge in [-0.3, -0.25) is 4.79 Å². The van der Waals surface area contributed by atoms with Gasteiger partial charge in [-0.25, -0.2) is 9.90 Å². The molecule has 1 heterocycles. The molecule has 1 amide bonds. The number of hydrogen-bond donors (Lipinski definition) is 0. The van der Waals surface area contributed by atoms with Crippen molar-refractivity contribution in [2.24, 2.45) is 0 Å². The van der Waals surface area contributed by atoms with Crippen LogP contribution in [0, 0.1) is 20.8 Å². The molecule has 30 heavy (non-hydrogen) atoms. The molecule has 1 aliphatic rings. The Bertz CT molecular complexity index is 827. The Morgan fingerprint density at radius 1 is 1.23 bits per heavy atom. The van der Waals surface area contributed by atoms with Crippen molar-refractivity contribution in [3.05, 3.63) is 40.1 Å². The molecular formula is C22H31NO5S2. The Morgan fingerprint density at radius 2 is 1.83 bits per heavy atom. The second-order valence-corrected chi connectivity index (χ2v) is 9.50. The number of hydroxylamine groups is 2. The lowest BCUT2D eigenvalue weighted by atomic mass is 9.91. The summed E-state index contributed by atoms with van der Waals surface area (Å²) >= 11 is 6.81. The SMILES string of the molecule is CCSC(=S)OC1=C(c2c(C)cc(C)cc2C)C(=O)N(OCOC(C)OC)C1(C)C. The minimum absolute atomic E-state index is 0.134. The zero-order valence-corrected chi connectivity index (χ0v) is 20.6. The van der Waals surface area contributed by atoms with Gasteiger partial charge in [0.1, 0.15) is 11.3 Å². The standard InChI is InChI=1S/C22H31NO5S2/c1-9-30-21(29)28-19-18(17-14(3)10-13(2)11-15(17)4)20(24)23(22(19,6)7)27-12-26-16(5)25-8/h10-11,16H,9,12H2,1-8H3. The highest BCUT2D eigenvalue weighted by atomic mass is 32.2. The van der Waals surface area contributed by atoms with Crippen LogP contribution in [0.5, 0.6) is 0 Å². The van der Waals surface area contributed by atoms with Crippen LogP contribution in [0.4, 0.5) is 0 Å². The van der Waals surface area contributed by atoms with E-state index in [1.165, 1.54) is 23.9 Å². The highest BCUT2D eigenvalue weighted by Crippen LogP contribution is 2.43. The van der Waals surface area contributed by atoms with E-state index in [4.69, 9.17) is 31.3 Å². The van der Waals surface area contributed by atoms with Gasteiger partial charge < -0.3 is 14.2 Å². The minimum Gasteiger partial charge on any atom is -0.441 e. The van der Waals surface area contributed by atoms with Crippen LogP contribution in [0.2, 0.25) is 0 Å². The molecule has 2 rings (SSSR count). The number of hydrogen-bond acceptors (Lipinski definition) is 7. The van der Waals surface area contributed by atoms with E-state index in [1.54, 1.807) is 6.92 Å². The van der Waals surface area contributed by atoms with Crippen molar-refractivity contribution < 1.29 is 23.8 Å². The highest BCUT2D eigenvalue weighted by molar-refractivity contribution is 8.22. The number of rotatable bonds is 8. The van der Waals surface area contributed by atoms with Crippen molar-refractivity contribution in [1.82, 2.24) is 5.06 Å². The van der Waals surface area contributed by atoms with Crippen molar-refractivity contribution in [3.8, 4) is 0 Å². The number of ether oxygens (including phenoxy) is 3. The van der Waals surface area contributed by atoms with Crippen LogP contribution >= 0.6 is 24.0 Å². The van der Waals surface area contributed by atoms with Gasteiger partial charge in [-0.05, 0) is 76.2 Å². The molecule has 1 aromatic carbocycles. The van der Waals surface area contributed by atoms with E-state index < -0.39 is 11.8 Å². The molecule has 1 unspecified atom stereocenters. The molecule has 0 aliphatic carbocycles. The molecule has 0 N–H and O–H groups in total. The van der Waals surface area contributed by atoms with Crippen LogP contribution in [-0.4, -0.2) is 46.8 Å². The van der Waals surface area contributed by atoms with E-state index in [-0.39, 0.29) is 12.7 Å². The Kier molecular flexibility index (Phi) is 8.47. The summed E-state index contributed by atoms with van der Waals surface area (Å²) in [6.07, 6.45) is -0.455. The lowest BCUT2D eigenvalue weighted by molar-refractivity contribution is -0.271. The number of carbonyl (C=O) groups is 1. The second kappa shape index (κ2) is 10.2. The van der Waals surface area contributed by atoms with E-state index in [0.29, 0.717) is 15.7 Å². The average molecular weight is 454 g/mol. The highest BCUT2D eigenvalue weighted by Gasteiger charge is 2.50. The molecule has 1 aromatic rings. The lowest BCUT2D eigenvalue weighted by Gasteiger charge is -2.32. The quantitative estimate of drug-likeness (QED) is 0.410. The molecule has 0 spiro atoms. The topological polar surface area (TPSA) is 57.2 Å². The number of methoxy groups -OCH3 is 1. The number of nitrogens with zero attached hydrogens (tertiary/aromatic N) is 1. The zero-order valence-electron chi connectivity index (χ0n) is 19.0. The van der Waals surface area contributed by atoms with Gasteiger partial charge in [-0.1, -0.05) is 36.4 Å². The van der Waals surface area contributed by atoms with Crippen LogP contribution in [0.15, 0.2) is 17.9 Å². The smallest absolute Gasteiger partial charge is 0.282 e. The molecule has 8 heteroatoms. The summed E-state index contributed by atoms with van der Waals surface area (Å²) in [5, 5.41) is 1.30. The average Bonchev–Trinajstić information content (AvgIpc) is 2.82. The van der Waals surface area contributed by atoms with Crippen molar-refractivity contribution in [2.45, 2.75) is 60.3 Å². The first-order valence-electron chi connectivity index (χ1n) is 9.84. The molecular weight excluding hydrogens is 422 g/mol. The summed E-state index contributed by atoms with van der Waals surface area (Å²) in [6, 6.07) is 4.11. The fourth-order valence-electron chi connectivity index (χ4n) is 3.52. The lowest BCUT2D eigenvalue weighted by Crippen LogP contribution is -2.44. The first-order chi connectivity index (χ1) is 14.0. The number of thiocarbonyl (C=S) groups is 1. The van der Waals surface area contributed by atoms with Gasteiger partial charge in [0.05, 0.1) is 5.57 Å². The second-order valence-electron chi connectivity index (χ2n) is 7.64. The van der Waals surface area contributed by atoms with Gasteiger partial charge in [-0.15, -0.1) is 0 Å². The molecule has 0 saturated heterocycles. The van der Waals surface area contributed by atoms with Crippen LogP contribution in [0.3, 0.4) is 0 Å². The summed E-state index contributed by atoms with van der Waals surface area (Å²) in [7, 11) is 1.54. The van der Waals surface area contributed by atoms with Crippen LogP contribution in [0.25, 0.3) is 5.57 Å². The summed E-state index contributed by atoms with van der Waals surface area (Å²) in [5.41, 5.74) is 3.55. The first-order valence-corrected chi connectivity index (χ1v) is 11.2. The van der Waals surface area contributed by atoms with E-state index in [1.807, 2.05) is 41.5 Å². The predicted octanol–water partition coefficient (Wildman–Crippen LogP) is 4.90. The molecule has 0 saturated carbocycles. The fraction of sp³-hybridized carbons (Fsp3) is 0.545. The van der Waals surface area contributed by atoms with Crippen LogP contribution in [0.1, 0.15) is 49.9 Å². The summed E-state index contributed by atoms with van der Waals surface area (Å²) in [4.78, 5) is 19.3. The van der Waals surface area contributed by atoms with Crippen LogP contribution < -0.4 is 0 Å². The summed E-state index contributed by atoms with van der Waals surface area (Å²) < 4.78 is 17.0. The van der Waals surface area contributed by atoms with Gasteiger partial charge in [0.2, 0.25) is 4.38 Å². The van der Waals surface area contributed by atoms with E-state index in [0.717, 1.165) is 28.0 Å². The maximum atomic E-state index is 13.5.